The molecular weight excluding hydrogens is 346 g/mol. The van der Waals surface area contributed by atoms with E-state index in [9.17, 15) is 22.4 Å². The highest BCUT2D eigenvalue weighted by atomic mass is 32.1. The van der Waals surface area contributed by atoms with Crippen LogP contribution in [0.2, 0.25) is 0 Å². The maximum Gasteiger partial charge on any atom is 0.445 e. The van der Waals surface area contributed by atoms with Crippen LogP contribution < -0.4 is 4.90 Å². The standard InChI is InChI=1S/C15H13F4N3OS/c16-11-3-1-9(2-4-11)12(23)10-5-7-22(8-6-10)14-21-20-13(24-14)15(17,18)19/h1-4,10H,5-8H2. The van der Waals surface area contributed by atoms with Gasteiger partial charge in [0.25, 0.3) is 0 Å². The second-order valence-electron chi connectivity index (χ2n) is 5.52. The number of aromatic nitrogens is 2. The monoisotopic (exact) mass is 359 g/mol. The summed E-state index contributed by atoms with van der Waals surface area (Å²) in [4.78, 5) is 14.1. The summed E-state index contributed by atoms with van der Waals surface area (Å²) in [6.07, 6.45) is -3.47. The minimum absolute atomic E-state index is 0.0668. The van der Waals surface area contributed by atoms with E-state index < -0.39 is 17.0 Å². The van der Waals surface area contributed by atoms with Gasteiger partial charge in [-0.3, -0.25) is 4.79 Å². The first-order valence-electron chi connectivity index (χ1n) is 7.30. The number of ketones is 1. The Balaban J connectivity index is 1.62. The molecule has 2 heterocycles. The molecule has 4 nitrogen and oxygen atoms in total. The lowest BCUT2D eigenvalue weighted by Crippen LogP contribution is -2.36. The third-order valence-electron chi connectivity index (χ3n) is 3.92. The van der Waals surface area contributed by atoms with Crippen LogP contribution in [0.5, 0.6) is 0 Å². The van der Waals surface area contributed by atoms with Crippen LogP contribution in [0.3, 0.4) is 0 Å². The number of nitrogens with zero attached hydrogens (tertiary/aromatic N) is 3. The maximum atomic E-state index is 12.9. The summed E-state index contributed by atoms with van der Waals surface area (Å²) in [5.74, 6) is -0.692. The fourth-order valence-corrected chi connectivity index (χ4v) is 3.40. The summed E-state index contributed by atoms with van der Waals surface area (Å²) in [6, 6.07) is 5.37. The van der Waals surface area contributed by atoms with Gasteiger partial charge < -0.3 is 4.90 Å². The number of piperidine rings is 1. The van der Waals surface area contributed by atoms with Crippen molar-refractivity contribution >= 4 is 22.3 Å². The van der Waals surface area contributed by atoms with Gasteiger partial charge in [-0.15, -0.1) is 10.2 Å². The molecule has 0 N–H and O–H groups in total. The normalized spacial score (nSPS) is 16.4. The van der Waals surface area contributed by atoms with Crippen LogP contribution in [0.25, 0.3) is 0 Å². The predicted molar refractivity (Wildman–Crippen MR) is 80.6 cm³/mol. The van der Waals surface area contributed by atoms with Crippen LogP contribution in [-0.2, 0) is 6.18 Å². The van der Waals surface area contributed by atoms with Crippen LogP contribution >= 0.6 is 11.3 Å². The molecule has 1 aromatic carbocycles. The van der Waals surface area contributed by atoms with E-state index >= 15 is 0 Å². The summed E-state index contributed by atoms with van der Waals surface area (Å²) in [5, 5.41) is 6.01. The van der Waals surface area contributed by atoms with Crippen LogP contribution in [0.15, 0.2) is 24.3 Å². The van der Waals surface area contributed by atoms with E-state index in [1.165, 1.54) is 24.3 Å². The second-order valence-corrected chi connectivity index (χ2v) is 6.48. The quantitative estimate of drug-likeness (QED) is 0.618. The van der Waals surface area contributed by atoms with Gasteiger partial charge in [-0.1, -0.05) is 11.3 Å². The Kier molecular flexibility index (Phi) is 4.53. The third-order valence-corrected chi connectivity index (χ3v) is 4.95. The number of carbonyl (C=O) groups is 1. The van der Waals surface area contributed by atoms with E-state index in [0.29, 0.717) is 42.8 Å². The number of halogens is 4. The largest absolute Gasteiger partial charge is 0.445 e. The number of alkyl halides is 3. The van der Waals surface area contributed by atoms with Gasteiger partial charge in [0.1, 0.15) is 5.82 Å². The van der Waals surface area contributed by atoms with Crippen molar-refractivity contribution < 1.29 is 22.4 Å². The van der Waals surface area contributed by atoms with Gasteiger partial charge in [-0.25, -0.2) is 4.39 Å². The predicted octanol–water partition coefficient (Wildman–Crippen LogP) is 3.80. The van der Waals surface area contributed by atoms with E-state index in [1.807, 2.05) is 0 Å². The lowest BCUT2D eigenvalue weighted by molar-refractivity contribution is -0.138. The minimum atomic E-state index is -4.49. The molecule has 0 amide bonds. The van der Waals surface area contributed by atoms with Crippen molar-refractivity contribution in [3.8, 4) is 0 Å². The molecule has 0 saturated carbocycles. The Hall–Kier alpha value is -2.03. The lowest BCUT2D eigenvalue weighted by Gasteiger charge is -2.30. The molecule has 1 saturated heterocycles. The number of Topliss-reactive ketones (excluding diaryl/α,β-unsaturated/α-hetero) is 1. The van der Waals surface area contributed by atoms with Crippen LogP contribution in [0.4, 0.5) is 22.7 Å². The van der Waals surface area contributed by atoms with Crippen molar-refractivity contribution in [2.75, 3.05) is 18.0 Å². The fraction of sp³-hybridized carbons (Fsp3) is 0.400. The fourth-order valence-electron chi connectivity index (χ4n) is 2.64. The van der Waals surface area contributed by atoms with Crippen molar-refractivity contribution in [3.05, 3.63) is 40.7 Å². The zero-order valence-corrected chi connectivity index (χ0v) is 13.2. The Morgan fingerprint density at radius 2 is 1.75 bits per heavy atom. The molecule has 1 aliphatic rings. The van der Waals surface area contributed by atoms with Crippen molar-refractivity contribution in [1.29, 1.82) is 0 Å². The molecule has 1 aromatic heterocycles. The molecule has 0 spiro atoms. The van der Waals surface area contributed by atoms with E-state index in [-0.39, 0.29) is 16.8 Å². The number of hydrogen-bond donors (Lipinski definition) is 0. The van der Waals surface area contributed by atoms with Crippen molar-refractivity contribution in [3.63, 3.8) is 0 Å². The smallest absolute Gasteiger partial charge is 0.347 e. The number of benzene rings is 1. The zero-order valence-electron chi connectivity index (χ0n) is 12.4. The summed E-state index contributed by atoms with van der Waals surface area (Å²) in [7, 11) is 0. The van der Waals surface area contributed by atoms with Gasteiger partial charge in [0.15, 0.2) is 5.78 Å². The summed E-state index contributed by atoms with van der Waals surface area (Å²) >= 11 is 0.506. The second kappa shape index (κ2) is 6.46. The molecule has 0 aliphatic carbocycles. The SMILES string of the molecule is O=C(c1ccc(F)cc1)C1CCN(c2nnc(C(F)(F)F)s2)CC1. The van der Waals surface area contributed by atoms with Gasteiger partial charge in [0.2, 0.25) is 10.1 Å². The Morgan fingerprint density at radius 1 is 1.12 bits per heavy atom. The molecule has 128 valence electrons. The molecule has 0 bridgehead atoms. The van der Waals surface area contributed by atoms with Crippen LogP contribution in [-0.4, -0.2) is 29.1 Å². The molecule has 0 unspecified atom stereocenters. The van der Waals surface area contributed by atoms with E-state index in [1.54, 1.807) is 4.90 Å². The number of carbonyl (C=O) groups excluding carboxylic acids is 1. The van der Waals surface area contributed by atoms with Gasteiger partial charge in [0.05, 0.1) is 0 Å². The molecule has 1 fully saturated rings. The van der Waals surface area contributed by atoms with E-state index in [0.717, 1.165) is 0 Å². The molecule has 0 atom stereocenters. The first kappa shape index (κ1) is 16.8. The first-order valence-corrected chi connectivity index (χ1v) is 8.11. The van der Waals surface area contributed by atoms with Crippen molar-refractivity contribution in [2.45, 2.75) is 19.0 Å². The summed E-state index contributed by atoms with van der Waals surface area (Å²) in [5.41, 5.74) is 0.449. The summed E-state index contributed by atoms with van der Waals surface area (Å²) < 4.78 is 50.6. The van der Waals surface area contributed by atoms with Crippen molar-refractivity contribution in [2.24, 2.45) is 5.92 Å². The number of hydrogen-bond acceptors (Lipinski definition) is 5. The number of anilines is 1. The van der Waals surface area contributed by atoms with E-state index in [2.05, 4.69) is 10.2 Å². The molecular formula is C15H13F4N3OS. The first-order chi connectivity index (χ1) is 11.3. The van der Waals surface area contributed by atoms with Crippen LogP contribution in [0.1, 0.15) is 28.2 Å². The number of rotatable bonds is 3. The molecule has 1 aliphatic heterocycles. The highest BCUT2D eigenvalue weighted by molar-refractivity contribution is 7.15. The zero-order chi connectivity index (χ0) is 17.3. The highest BCUT2D eigenvalue weighted by Crippen LogP contribution is 2.35. The lowest BCUT2D eigenvalue weighted by atomic mass is 9.89. The van der Waals surface area contributed by atoms with E-state index in [4.69, 9.17) is 0 Å². The van der Waals surface area contributed by atoms with Gasteiger partial charge in [-0.2, -0.15) is 13.2 Å². The summed E-state index contributed by atoms with van der Waals surface area (Å²) in [6.45, 7) is 0.869. The molecule has 0 radical (unpaired) electrons. The topological polar surface area (TPSA) is 46.1 Å². The molecule has 24 heavy (non-hydrogen) atoms. The van der Waals surface area contributed by atoms with Crippen LogP contribution in [0, 0.1) is 11.7 Å². The average molecular weight is 359 g/mol. The minimum Gasteiger partial charge on any atom is -0.347 e. The van der Waals surface area contributed by atoms with Gasteiger partial charge in [-0.05, 0) is 37.1 Å². The molecule has 3 rings (SSSR count). The van der Waals surface area contributed by atoms with Gasteiger partial charge >= 0.3 is 6.18 Å². The maximum absolute atomic E-state index is 12.9. The third kappa shape index (κ3) is 3.55. The Bertz CT molecular complexity index is 721. The Labute approximate surface area is 139 Å². The Morgan fingerprint density at radius 3 is 2.29 bits per heavy atom. The highest BCUT2D eigenvalue weighted by Gasteiger charge is 2.37. The van der Waals surface area contributed by atoms with Gasteiger partial charge in [0, 0.05) is 24.6 Å². The molecule has 9 heteroatoms. The van der Waals surface area contributed by atoms with Crippen molar-refractivity contribution in [1.82, 2.24) is 10.2 Å². The molecule has 2 aromatic rings. The average Bonchev–Trinajstić information content (AvgIpc) is 3.05.